The summed E-state index contributed by atoms with van der Waals surface area (Å²) in [5, 5.41) is 0. The van der Waals surface area contributed by atoms with E-state index in [9.17, 15) is 0 Å². The standard InChI is InChI=1S/C12H28N2/c1-6-7-10(2)11(14-13)8-9-12(3,4)5/h10-11,14H,6-9,13H2,1-5H3. The molecule has 14 heavy (non-hydrogen) atoms. The zero-order chi connectivity index (χ0) is 11.2. The molecule has 0 aliphatic rings. The van der Waals surface area contributed by atoms with E-state index in [1.807, 2.05) is 0 Å². The van der Waals surface area contributed by atoms with Gasteiger partial charge in [0, 0.05) is 6.04 Å². The zero-order valence-corrected chi connectivity index (χ0v) is 10.6. The molecule has 2 heteroatoms. The molecule has 2 atom stereocenters. The third-order valence-electron chi connectivity index (χ3n) is 2.85. The molecule has 86 valence electrons. The third-order valence-corrected chi connectivity index (χ3v) is 2.85. The van der Waals surface area contributed by atoms with Crippen molar-refractivity contribution in [3.8, 4) is 0 Å². The molecule has 2 nitrogen and oxygen atoms in total. The van der Waals surface area contributed by atoms with Crippen LogP contribution in [0.15, 0.2) is 0 Å². The first kappa shape index (κ1) is 13.9. The quantitative estimate of drug-likeness (QED) is 0.511. The number of hydrogen-bond acceptors (Lipinski definition) is 2. The van der Waals surface area contributed by atoms with Gasteiger partial charge in [0.1, 0.15) is 0 Å². The number of nitrogens with two attached hydrogens (primary N) is 1. The van der Waals surface area contributed by atoms with Crippen molar-refractivity contribution in [2.45, 2.75) is 66.3 Å². The van der Waals surface area contributed by atoms with Crippen LogP contribution in [0.4, 0.5) is 0 Å². The van der Waals surface area contributed by atoms with Crippen molar-refractivity contribution in [3.05, 3.63) is 0 Å². The van der Waals surface area contributed by atoms with Crippen LogP contribution in [0.1, 0.15) is 60.3 Å². The minimum Gasteiger partial charge on any atom is -0.271 e. The highest BCUT2D eigenvalue weighted by Crippen LogP contribution is 2.24. The van der Waals surface area contributed by atoms with Crippen LogP contribution >= 0.6 is 0 Å². The van der Waals surface area contributed by atoms with Crippen molar-refractivity contribution >= 4 is 0 Å². The van der Waals surface area contributed by atoms with Crippen LogP contribution in [0.5, 0.6) is 0 Å². The fourth-order valence-electron chi connectivity index (χ4n) is 1.78. The second-order valence-electron chi connectivity index (χ2n) is 5.64. The number of rotatable bonds is 6. The first-order valence-electron chi connectivity index (χ1n) is 5.87. The van der Waals surface area contributed by atoms with Gasteiger partial charge < -0.3 is 0 Å². The predicted octanol–water partition coefficient (Wildman–Crippen LogP) is 3.08. The molecule has 2 unspecified atom stereocenters. The Morgan fingerprint density at radius 2 is 1.79 bits per heavy atom. The van der Waals surface area contributed by atoms with E-state index in [-0.39, 0.29) is 0 Å². The van der Waals surface area contributed by atoms with E-state index in [1.54, 1.807) is 0 Å². The molecule has 0 radical (unpaired) electrons. The summed E-state index contributed by atoms with van der Waals surface area (Å²) in [7, 11) is 0. The Morgan fingerprint density at radius 3 is 2.14 bits per heavy atom. The lowest BCUT2D eigenvalue weighted by molar-refractivity contribution is 0.280. The average Bonchev–Trinajstić information content (AvgIpc) is 2.03. The largest absolute Gasteiger partial charge is 0.271 e. The van der Waals surface area contributed by atoms with E-state index in [4.69, 9.17) is 5.84 Å². The van der Waals surface area contributed by atoms with E-state index in [0.717, 1.165) is 0 Å². The molecule has 3 N–H and O–H groups in total. The summed E-state index contributed by atoms with van der Waals surface area (Å²) in [6.45, 7) is 11.4. The molecule has 0 saturated heterocycles. The highest BCUT2D eigenvalue weighted by atomic mass is 15.2. The molecule has 0 spiro atoms. The molecule has 0 saturated carbocycles. The summed E-state index contributed by atoms with van der Waals surface area (Å²) >= 11 is 0. The van der Waals surface area contributed by atoms with Gasteiger partial charge in [0.25, 0.3) is 0 Å². The molecule has 0 rings (SSSR count). The Bertz CT molecular complexity index is 138. The summed E-state index contributed by atoms with van der Waals surface area (Å²) < 4.78 is 0. The van der Waals surface area contributed by atoms with Crippen LogP contribution in [0.25, 0.3) is 0 Å². The smallest absolute Gasteiger partial charge is 0.0236 e. The van der Waals surface area contributed by atoms with Crippen molar-refractivity contribution in [1.82, 2.24) is 5.43 Å². The lowest BCUT2D eigenvalue weighted by atomic mass is 9.85. The molecular weight excluding hydrogens is 172 g/mol. The highest BCUT2D eigenvalue weighted by Gasteiger charge is 2.18. The molecule has 0 fully saturated rings. The summed E-state index contributed by atoms with van der Waals surface area (Å²) in [6, 6.07) is 0.481. The maximum absolute atomic E-state index is 5.58. The second kappa shape index (κ2) is 6.41. The van der Waals surface area contributed by atoms with Crippen LogP contribution in [-0.4, -0.2) is 6.04 Å². The first-order valence-corrected chi connectivity index (χ1v) is 5.87. The van der Waals surface area contributed by atoms with Gasteiger partial charge in [-0.15, -0.1) is 0 Å². The molecule has 0 bridgehead atoms. The van der Waals surface area contributed by atoms with Crippen molar-refractivity contribution in [2.24, 2.45) is 17.2 Å². The SMILES string of the molecule is CCCC(C)C(CCC(C)(C)C)NN. The molecule has 0 amide bonds. The van der Waals surface area contributed by atoms with Crippen LogP contribution in [-0.2, 0) is 0 Å². The van der Waals surface area contributed by atoms with Gasteiger partial charge in [-0.05, 0) is 30.6 Å². The second-order valence-corrected chi connectivity index (χ2v) is 5.64. The molecule has 0 aliphatic heterocycles. The maximum Gasteiger partial charge on any atom is 0.0236 e. The molecule has 0 heterocycles. The molecule has 0 aromatic carbocycles. The highest BCUT2D eigenvalue weighted by molar-refractivity contribution is 4.74. The van der Waals surface area contributed by atoms with E-state index in [0.29, 0.717) is 17.4 Å². The van der Waals surface area contributed by atoms with Crippen LogP contribution in [0.3, 0.4) is 0 Å². The minimum absolute atomic E-state index is 0.418. The molecule has 0 aromatic heterocycles. The number of nitrogens with one attached hydrogen (secondary N) is 1. The predicted molar refractivity (Wildman–Crippen MR) is 63.9 cm³/mol. The lowest BCUT2D eigenvalue weighted by Gasteiger charge is -2.26. The molecular formula is C12H28N2. The molecule has 0 aliphatic carbocycles. The summed E-state index contributed by atoms with van der Waals surface area (Å²) in [6.07, 6.45) is 4.92. The van der Waals surface area contributed by atoms with Gasteiger partial charge in [-0.3, -0.25) is 11.3 Å². The molecule has 0 aromatic rings. The first-order chi connectivity index (χ1) is 6.40. The van der Waals surface area contributed by atoms with E-state index < -0.39 is 0 Å². The van der Waals surface area contributed by atoms with Crippen molar-refractivity contribution in [1.29, 1.82) is 0 Å². The van der Waals surface area contributed by atoms with Gasteiger partial charge in [0.15, 0.2) is 0 Å². The van der Waals surface area contributed by atoms with E-state index in [1.165, 1.54) is 25.7 Å². The van der Waals surface area contributed by atoms with Crippen LogP contribution < -0.4 is 11.3 Å². The third kappa shape index (κ3) is 6.39. The number of hydrazine groups is 1. The monoisotopic (exact) mass is 200 g/mol. The number of hydrogen-bond donors (Lipinski definition) is 2. The lowest BCUT2D eigenvalue weighted by Crippen LogP contribution is -2.40. The van der Waals surface area contributed by atoms with E-state index in [2.05, 4.69) is 40.0 Å². The Balaban J connectivity index is 3.90. The van der Waals surface area contributed by atoms with Crippen LogP contribution in [0, 0.1) is 11.3 Å². The van der Waals surface area contributed by atoms with Crippen molar-refractivity contribution < 1.29 is 0 Å². The van der Waals surface area contributed by atoms with E-state index >= 15 is 0 Å². The average molecular weight is 200 g/mol. The normalized spacial score (nSPS) is 16.7. The van der Waals surface area contributed by atoms with Gasteiger partial charge in [-0.25, -0.2) is 0 Å². The van der Waals surface area contributed by atoms with Crippen molar-refractivity contribution in [2.75, 3.05) is 0 Å². The summed E-state index contributed by atoms with van der Waals surface area (Å²) in [5.74, 6) is 6.27. The van der Waals surface area contributed by atoms with Crippen LogP contribution in [0.2, 0.25) is 0 Å². The summed E-state index contributed by atoms with van der Waals surface area (Å²) in [5.41, 5.74) is 3.38. The Labute approximate surface area is 89.6 Å². The topological polar surface area (TPSA) is 38.0 Å². The fraction of sp³-hybridized carbons (Fsp3) is 1.00. The van der Waals surface area contributed by atoms with Crippen molar-refractivity contribution in [3.63, 3.8) is 0 Å². The minimum atomic E-state index is 0.418. The Morgan fingerprint density at radius 1 is 1.21 bits per heavy atom. The van der Waals surface area contributed by atoms with Gasteiger partial charge in [-0.2, -0.15) is 0 Å². The van der Waals surface area contributed by atoms with Gasteiger partial charge in [-0.1, -0.05) is 41.0 Å². The zero-order valence-electron chi connectivity index (χ0n) is 10.6. The maximum atomic E-state index is 5.58. The Hall–Kier alpha value is -0.0800. The fourth-order valence-corrected chi connectivity index (χ4v) is 1.78. The summed E-state index contributed by atoms with van der Waals surface area (Å²) in [4.78, 5) is 0. The van der Waals surface area contributed by atoms with Gasteiger partial charge in [0.2, 0.25) is 0 Å². The van der Waals surface area contributed by atoms with Gasteiger partial charge in [0.05, 0.1) is 0 Å². The van der Waals surface area contributed by atoms with Gasteiger partial charge >= 0.3 is 0 Å². The Kier molecular flexibility index (Phi) is 6.38.